The molecule has 0 atom stereocenters. The van der Waals surface area contributed by atoms with Crippen LogP contribution in [-0.2, 0) is 0 Å². The molecule has 6 heteroatoms. The second-order valence-corrected chi connectivity index (χ2v) is 5.55. The zero-order valence-electron chi connectivity index (χ0n) is 13.4. The van der Waals surface area contributed by atoms with Crippen molar-refractivity contribution in [2.75, 3.05) is 0 Å². The van der Waals surface area contributed by atoms with Gasteiger partial charge in [0.2, 0.25) is 0 Å². The third kappa shape index (κ3) is 2.97. The molecule has 6 nitrogen and oxygen atoms in total. The monoisotopic (exact) mass is 330 g/mol. The van der Waals surface area contributed by atoms with Gasteiger partial charge in [0.25, 0.3) is 5.88 Å². The highest BCUT2D eigenvalue weighted by molar-refractivity contribution is 5.95. The summed E-state index contributed by atoms with van der Waals surface area (Å²) in [4.78, 5) is 28.2. The van der Waals surface area contributed by atoms with Crippen LogP contribution in [0.25, 0.3) is 22.3 Å². The van der Waals surface area contributed by atoms with E-state index >= 15 is 0 Å². The maximum absolute atomic E-state index is 12.5. The van der Waals surface area contributed by atoms with Crippen LogP contribution in [0.4, 0.5) is 0 Å². The first-order valence-corrected chi connectivity index (χ1v) is 7.75. The Balaban J connectivity index is 1.64. The van der Waals surface area contributed by atoms with Crippen LogP contribution in [0, 0.1) is 6.92 Å². The van der Waals surface area contributed by atoms with E-state index in [9.17, 15) is 4.79 Å². The topological polar surface area (TPSA) is 80.8 Å². The molecule has 0 aliphatic carbocycles. The molecule has 3 heterocycles. The summed E-state index contributed by atoms with van der Waals surface area (Å²) in [7, 11) is 0. The summed E-state index contributed by atoms with van der Waals surface area (Å²) in [5.74, 6) is -0.324. The van der Waals surface area contributed by atoms with Gasteiger partial charge < -0.3 is 9.72 Å². The smallest absolute Gasteiger partial charge is 0.346 e. The number of carbonyl (C=O) groups is 1. The van der Waals surface area contributed by atoms with Crippen molar-refractivity contribution in [2.24, 2.45) is 0 Å². The molecule has 0 saturated carbocycles. The lowest BCUT2D eigenvalue weighted by Gasteiger charge is -2.05. The van der Waals surface area contributed by atoms with E-state index in [0.717, 1.165) is 16.6 Å². The Labute approximate surface area is 143 Å². The lowest BCUT2D eigenvalue weighted by atomic mass is 10.1. The molecule has 0 amide bonds. The number of rotatable bonds is 3. The number of hydrogen-bond donors (Lipinski definition) is 1. The van der Waals surface area contributed by atoms with E-state index in [0.29, 0.717) is 17.0 Å². The van der Waals surface area contributed by atoms with E-state index < -0.39 is 5.97 Å². The molecule has 4 rings (SSSR count). The third-order valence-electron chi connectivity index (χ3n) is 3.76. The highest BCUT2D eigenvalue weighted by Crippen LogP contribution is 2.25. The minimum absolute atomic E-state index is 0.191. The van der Waals surface area contributed by atoms with Crippen molar-refractivity contribution < 1.29 is 9.53 Å². The maximum atomic E-state index is 12.5. The first kappa shape index (κ1) is 15.0. The molecule has 1 N–H and O–H groups in total. The molecular formula is C19H14N4O2. The van der Waals surface area contributed by atoms with E-state index in [2.05, 4.69) is 19.9 Å². The molecule has 0 fully saturated rings. The first-order chi connectivity index (χ1) is 12.2. The fourth-order valence-corrected chi connectivity index (χ4v) is 2.55. The molecule has 0 bridgehead atoms. The van der Waals surface area contributed by atoms with Crippen molar-refractivity contribution >= 4 is 16.9 Å². The van der Waals surface area contributed by atoms with Crippen LogP contribution in [0.15, 0.2) is 61.1 Å². The second kappa shape index (κ2) is 6.16. The van der Waals surface area contributed by atoms with Crippen molar-refractivity contribution in [3.05, 3.63) is 72.3 Å². The van der Waals surface area contributed by atoms with E-state index in [1.165, 1.54) is 12.5 Å². The summed E-state index contributed by atoms with van der Waals surface area (Å²) in [6, 6.07) is 14.9. The van der Waals surface area contributed by atoms with Crippen LogP contribution in [0.2, 0.25) is 0 Å². The second-order valence-electron chi connectivity index (χ2n) is 5.55. The number of nitrogens with zero attached hydrogens (tertiary/aromatic N) is 3. The minimum Gasteiger partial charge on any atom is -0.401 e. The molecule has 0 aliphatic rings. The minimum atomic E-state index is -0.515. The van der Waals surface area contributed by atoms with Gasteiger partial charge in [-0.2, -0.15) is 0 Å². The molecule has 0 spiro atoms. The average molecular weight is 330 g/mol. The summed E-state index contributed by atoms with van der Waals surface area (Å²) in [5, 5.41) is 0.875. The van der Waals surface area contributed by atoms with Crippen LogP contribution < -0.4 is 4.74 Å². The highest BCUT2D eigenvalue weighted by atomic mass is 16.5. The molecule has 0 saturated heterocycles. The molecule has 1 aromatic carbocycles. The van der Waals surface area contributed by atoms with Gasteiger partial charge in [0.05, 0.1) is 23.1 Å². The van der Waals surface area contributed by atoms with E-state index in [1.54, 1.807) is 6.07 Å². The normalized spacial score (nSPS) is 10.8. The molecule has 3 aromatic heterocycles. The number of hydrogen-bond acceptors (Lipinski definition) is 5. The van der Waals surface area contributed by atoms with Crippen LogP contribution in [-0.4, -0.2) is 25.9 Å². The van der Waals surface area contributed by atoms with Crippen molar-refractivity contribution in [3.8, 4) is 17.3 Å². The SMILES string of the molecule is Cc1cccc(-c2[nH]cnc2OC(=O)c2cnc3ccccc3c2)n1. The predicted octanol–water partition coefficient (Wildman–Crippen LogP) is 3.55. The number of aromatic amines is 1. The largest absolute Gasteiger partial charge is 0.401 e. The third-order valence-corrected chi connectivity index (χ3v) is 3.76. The molecule has 0 radical (unpaired) electrons. The Morgan fingerprint density at radius 1 is 1.08 bits per heavy atom. The van der Waals surface area contributed by atoms with Gasteiger partial charge in [-0.1, -0.05) is 24.3 Å². The molecule has 0 unspecified atom stereocenters. The Morgan fingerprint density at radius 3 is 2.84 bits per heavy atom. The van der Waals surface area contributed by atoms with E-state index in [1.807, 2.05) is 49.4 Å². The Hall–Kier alpha value is -3.54. The number of para-hydroxylation sites is 1. The average Bonchev–Trinajstić information content (AvgIpc) is 3.09. The number of carbonyl (C=O) groups excluding carboxylic acids is 1. The summed E-state index contributed by atoms with van der Waals surface area (Å²) in [6.45, 7) is 1.90. The van der Waals surface area contributed by atoms with Crippen molar-refractivity contribution in [1.82, 2.24) is 19.9 Å². The van der Waals surface area contributed by atoms with E-state index in [-0.39, 0.29) is 5.88 Å². The maximum Gasteiger partial charge on any atom is 0.346 e. The van der Waals surface area contributed by atoms with Crippen LogP contribution in [0.5, 0.6) is 5.88 Å². The van der Waals surface area contributed by atoms with Crippen molar-refractivity contribution in [2.45, 2.75) is 6.92 Å². The quantitative estimate of drug-likeness (QED) is 0.581. The number of pyridine rings is 2. The summed E-state index contributed by atoms with van der Waals surface area (Å²) in [6.07, 6.45) is 2.97. The number of aryl methyl sites for hydroxylation is 1. The number of H-pyrrole nitrogens is 1. The van der Waals surface area contributed by atoms with Crippen LogP contribution in [0.3, 0.4) is 0 Å². The number of ether oxygens (including phenoxy) is 1. The number of imidazole rings is 1. The van der Waals surface area contributed by atoms with Crippen LogP contribution in [0.1, 0.15) is 16.1 Å². The van der Waals surface area contributed by atoms with Gasteiger partial charge >= 0.3 is 5.97 Å². The summed E-state index contributed by atoms with van der Waals surface area (Å²) >= 11 is 0. The zero-order valence-corrected chi connectivity index (χ0v) is 13.4. The number of esters is 1. The standard InChI is InChI=1S/C19H14N4O2/c1-12-5-4-8-16(23-12)17-18(22-11-21-17)25-19(24)14-9-13-6-2-3-7-15(13)20-10-14/h2-11H,1H3,(H,21,22). The van der Waals surface area contributed by atoms with E-state index in [4.69, 9.17) is 4.74 Å². The number of fused-ring (bicyclic) bond motifs is 1. The van der Waals surface area contributed by atoms with Gasteiger partial charge in [-0.3, -0.25) is 9.97 Å². The first-order valence-electron chi connectivity index (χ1n) is 7.75. The Kier molecular flexibility index (Phi) is 3.70. The zero-order chi connectivity index (χ0) is 17.2. The molecule has 0 aliphatic heterocycles. The predicted molar refractivity (Wildman–Crippen MR) is 93.3 cm³/mol. The van der Waals surface area contributed by atoms with Gasteiger partial charge in [0, 0.05) is 17.3 Å². The molecule has 25 heavy (non-hydrogen) atoms. The Morgan fingerprint density at radius 2 is 1.96 bits per heavy atom. The molecular weight excluding hydrogens is 316 g/mol. The van der Waals surface area contributed by atoms with Crippen LogP contribution >= 0.6 is 0 Å². The van der Waals surface area contributed by atoms with Crippen molar-refractivity contribution in [3.63, 3.8) is 0 Å². The van der Waals surface area contributed by atoms with Crippen molar-refractivity contribution in [1.29, 1.82) is 0 Å². The molecule has 122 valence electrons. The lowest BCUT2D eigenvalue weighted by Crippen LogP contribution is -2.10. The highest BCUT2D eigenvalue weighted by Gasteiger charge is 2.17. The van der Waals surface area contributed by atoms with Gasteiger partial charge in [-0.15, -0.1) is 0 Å². The lowest BCUT2D eigenvalue weighted by molar-refractivity contribution is 0.0729. The fraction of sp³-hybridized carbons (Fsp3) is 0.0526. The number of aromatic nitrogens is 4. The van der Waals surface area contributed by atoms with Gasteiger partial charge in [0.15, 0.2) is 0 Å². The number of benzene rings is 1. The van der Waals surface area contributed by atoms with Gasteiger partial charge in [-0.05, 0) is 31.2 Å². The summed E-state index contributed by atoms with van der Waals surface area (Å²) < 4.78 is 5.45. The van der Waals surface area contributed by atoms with Gasteiger partial charge in [-0.25, -0.2) is 9.78 Å². The summed E-state index contributed by atoms with van der Waals surface area (Å²) in [5.41, 5.74) is 3.28. The van der Waals surface area contributed by atoms with Gasteiger partial charge in [0.1, 0.15) is 5.69 Å². The Bertz CT molecular complexity index is 1070. The number of nitrogens with one attached hydrogen (secondary N) is 1. The molecule has 4 aromatic rings. The fourth-order valence-electron chi connectivity index (χ4n) is 2.55.